The Hall–Kier alpha value is -1.89. The van der Waals surface area contributed by atoms with Crippen molar-refractivity contribution in [3.8, 4) is 0 Å². The van der Waals surface area contributed by atoms with Crippen LogP contribution in [0.1, 0.15) is 70.7 Å². The molecule has 0 spiro atoms. The van der Waals surface area contributed by atoms with E-state index in [1.807, 2.05) is 27.7 Å². The average molecular weight is 345 g/mol. The van der Waals surface area contributed by atoms with Gasteiger partial charge in [-0.15, -0.1) is 0 Å². The number of benzene rings is 2. The van der Waals surface area contributed by atoms with Gasteiger partial charge in [0.2, 0.25) is 0 Å². The molecule has 0 heterocycles. The van der Waals surface area contributed by atoms with Gasteiger partial charge in [-0.05, 0) is 57.7 Å². The summed E-state index contributed by atoms with van der Waals surface area (Å²) < 4.78 is 0. The molecule has 2 aromatic carbocycles. The Labute approximate surface area is 157 Å². The lowest BCUT2D eigenvalue weighted by Crippen LogP contribution is -1.77. The maximum absolute atomic E-state index is 9.44. The van der Waals surface area contributed by atoms with Crippen LogP contribution in [0.2, 0.25) is 0 Å². The van der Waals surface area contributed by atoms with E-state index >= 15 is 0 Å². The molecule has 0 fully saturated rings. The largest absolute Gasteiger partial charge is 0.300 e. The van der Waals surface area contributed by atoms with Gasteiger partial charge in [0, 0.05) is 0 Å². The van der Waals surface area contributed by atoms with Gasteiger partial charge in [0.05, 0.1) is 0 Å². The summed E-state index contributed by atoms with van der Waals surface area (Å²) in [5, 5.41) is 0. The third-order valence-corrected chi connectivity index (χ3v) is 2.95. The van der Waals surface area contributed by atoms with Gasteiger partial charge in [-0.1, -0.05) is 88.7 Å². The van der Waals surface area contributed by atoms with Crippen LogP contribution < -0.4 is 0 Å². The minimum Gasteiger partial charge on any atom is -0.300 e. The van der Waals surface area contributed by atoms with Gasteiger partial charge < -0.3 is 4.79 Å². The maximum atomic E-state index is 9.44. The third-order valence-electron chi connectivity index (χ3n) is 2.95. The van der Waals surface area contributed by atoms with Crippen LogP contribution in [0.4, 0.5) is 0 Å². The molecule has 0 bridgehead atoms. The average Bonchev–Trinajstić information content (AvgIpc) is 2.62. The van der Waals surface area contributed by atoms with Gasteiger partial charge in [-0.25, -0.2) is 0 Å². The minimum atomic E-state index is 0.167. The van der Waals surface area contributed by atoms with E-state index in [0.717, 1.165) is 6.42 Å². The summed E-state index contributed by atoms with van der Waals surface area (Å²) in [5.74, 6) is 0.167. The molecule has 0 aliphatic rings. The molecule has 1 heteroatoms. The highest BCUT2D eigenvalue weighted by Crippen LogP contribution is 2.03. The van der Waals surface area contributed by atoms with Gasteiger partial charge in [0.25, 0.3) is 0 Å². The maximum Gasteiger partial charge on any atom is 0.126 e. The number of ketones is 1. The molecule has 2 aromatic rings. The number of carbonyl (C=O) groups is 1. The van der Waals surface area contributed by atoms with Crippen LogP contribution in [-0.2, 0) is 11.2 Å². The second-order valence-electron chi connectivity index (χ2n) is 5.33. The highest BCUT2D eigenvalue weighted by Gasteiger charge is 1.85. The number of carbonyl (C=O) groups excluding carboxylic acids is 1. The van der Waals surface area contributed by atoms with Crippen LogP contribution in [0.15, 0.2) is 48.5 Å². The van der Waals surface area contributed by atoms with E-state index in [0.29, 0.717) is 0 Å². The first-order valence-electron chi connectivity index (χ1n) is 9.41. The fourth-order valence-corrected chi connectivity index (χ4v) is 1.49. The zero-order chi connectivity index (χ0) is 20.3. The van der Waals surface area contributed by atoms with Crippen molar-refractivity contribution in [1.82, 2.24) is 0 Å². The Morgan fingerprint density at radius 1 is 0.720 bits per heavy atom. The monoisotopic (exact) mass is 344 g/mol. The van der Waals surface area contributed by atoms with Crippen molar-refractivity contribution in [3.05, 3.63) is 70.8 Å². The molecule has 142 valence electrons. The summed E-state index contributed by atoms with van der Waals surface area (Å²) in [5.41, 5.74) is 5.49. The fraction of sp³-hybridized carbons (Fsp3) is 0.458. The van der Waals surface area contributed by atoms with Crippen LogP contribution in [0.25, 0.3) is 0 Å². The second-order valence-corrected chi connectivity index (χ2v) is 5.33. The Balaban J connectivity index is -0.000000278. The van der Waals surface area contributed by atoms with E-state index in [1.54, 1.807) is 0 Å². The molecule has 25 heavy (non-hydrogen) atoms. The van der Waals surface area contributed by atoms with E-state index in [9.17, 15) is 4.79 Å². The molecule has 1 nitrogen and oxygen atoms in total. The Morgan fingerprint density at radius 2 is 1.04 bits per heavy atom. The van der Waals surface area contributed by atoms with E-state index in [1.165, 1.54) is 36.1 Å². The van der Waals surface area contributed by atoms with E-state index in [4.69, 9.17) is 0 Å². The van der Waals surface area contributed by atoms with Gasteiger partial charge in [0.15, 0.2) is 0 Å². The lowest BCUT2D eigenvalue weighted by molar-refractivity contribution is -0.114. The number of rotatable bonds is 1. The molecular weight excluding hydrogens is 304 g/mol. The molecule has 0 saturated heterocycles. The zero-order valence-corrected chi connectivity index (χ0v) is 18.2. The van der Waals surface area contributed by atoms with Crippen molar-refractivity contribution in [2.45, 2.75) is 75.7 Å². The standard InChI is InChI=1S/C9H12.C8H10.C3H6O.2C2H6/c1-3-9-6-4-8(2)5-7-9;1-7-5-3-4-6-8(7)2;1-3(2)4;2*1-2/h4-7H,3H2,1-2H3;3-6H,1-2H3;1-2H3;2*1-2H3. The molecule has 0 aliphatic carbocycles. The SMILES string of the molecule is CC.CC.CC(C)=O.CCc1ccc(C)cc1.Cc1ccccc1C. The molecule has 0 radical (unpaired) electrons. The first-order valence-corrected chi connectivity index (χ1v) is 9.41. The van der Waals surface area contributed by atoms with E-state index in [-0.39, 0.29) is 5.78 Å². The van der Waals surface area contributed by atoms with Crippen LogP contribution in [0.5, 0.6) is 0 Å². The number of aryl methyl sites for hydroxylation is 4. The Kier molecular flexibility index (Phi) is 22.5. The quantitative estimate of drug-likeness (QED) is 0.523. The fourth-order valence-electron chi connectivity index (χ4n) is 1.49. The molecule has 0 N–H and O–H groups in total. The van der Waals surface area contributed by atoms with Gasteiger partial charge in [-0.3, -0.25) is 0 Å². The highest BCUT2D eigenvalue weighted by atomic mass is 16.1. The predicted octanol–water partition coefficient (Wildman–Crippen LogP) is 7.51. The second kappa shape index (κ2) is 20.2. The van der Waals surface area contributed by atoms with Crippen LogP contribution >= 0.6 is 0 Å². The zero-order valence-electron chi connectivity index (χ0n) is 18.2. The van der Waals surface area contributed by atoms with Gasteiger partial charge in [0.1, 0.15) is 5.78 Å². The molecule has 2 rings (SSSR count). The molecule has 0 aliphatic heterocycles. The molecular formula is C24H40O. The summed E-state index contributed by atoms with van der Waals surface area (Å²) >= 11 is 0. The number of hydrogen-bond acceptors (Lipinski definition) is 1. The first kappa shape index (κ1) is 27.9. The van der Waals surface area contributed by atoms with Crippen molar-refractivity contribution < 1.29 is 4.79 Å². The van der Waals surface area contributed by atoms with E-state index in [2.05, 4.69) is 76.2 Å². The van der Waals surface area contributed by atoms with Crippen molar-refractivity contribution in [1.29, 1.82) is 0 Å². The molecule has 0 atom stereocenters. The number of Topliss-reactive ketones (excluding diaryl/α,β-unsaturated/α-hetero) is 1. The van der Waals surface area contributed by atoms with Crippen LogP contribution in [0, 0.1) is 20.8 Å². The van der Waals surface area contributed by atoms with Crippen molar-refractivity contribution in [2.75, 3.05) is 0 Å². The Bertz CT molecular complexity index is 499. The van der Waals surface area contributed by atoms with Gasteiger partial charge in [-0.2, -0.15) is 0 Å². The van der Waals surface area contributed by atoms with Crippen LogP contribution in [0.3, 0.4) is 0 Å². The third kappa shape index (κ3) is 20.1. The van der Waals surface area contributed by atoms with Crippen LogP contribution in [-0.4, -0.2) is 5.78 Å². The molecule has 0 saturated carbocycles. The van der Waals surface area contributed by atoms with E-state index < -0.39 is 0 Å². The Morgan fingerprint density at radius 3 is 1.28 bits per heavy atom. The molecule has 0 aromatic heterocycles. The summed E-state index contributed by atoms with van der Waals surface area (Å²) in [6, 6.07) is 17.0. The lowest BCUT2D eigenvalue weighted by atomic mass is 10.1. The minimum absolute atomic E-state index is 0.167. The van der Waals surface area contributed by atoms with Crippen molar-refractivity contribution in [3.63, 3.8) is 0 Å². The molecule has 0 amide bonds. The predicted molar refractivity (Wildman–Crippen MR) is 116 cm³/mol. The van der Waals surface area contributed by atoms with Crippen molar-refractivity contribution in [2.24, 2.45) is 0 Å². The summed E-state index contributed by atoms with van der Waals surface area (Å²) in [7, 11) is 0. The lowest BCUT2D eigenvalue weighted by Gasteiger charge is -1.94. The first-order chi connectivity index (χ1) is 11.9. The normalized spacial score (nSPS) is 7.92. The summed E-state index contributed by atoms with van der Waals surface area (Å²) in [6.45, 7) is 19.6. The topological polar surface area (TPSA) is 17.1 Å². The van der Waals surface area contributed by atoms with Gasteiger partial charge >= 0.3 is 0 Å². The molecule has 0 unspecified atom stereocenters. The van der Waals surface area contributed by atoms with Crippen molar-refractivity contribution >= 4 is 5.78 Å². The number of hydrogen-bond donors (Lipinski definition) is 0. The highest BCUT2D eigenvalue weighted by molar-refractivity contribution is 5.72. The smallest absolute Gasteiger partial charge is 0.126 e. The summed E-state index contributed by atoms with van der Waals surface area (Å²) in [6.07, 6.45) is 1.14. The summed E-state index contributed by atoms with van der Waals surface area (Å²) in [4.78, 5) is 9.44.